The fraction of sp³-hybridized carbons (Fsp3) is 0.806. The number of fused-ring (bicyclic) bond motifs is 4. The maximum Gasteiger partial charge on any atom is 0.309 e. The van der Waals surface area contributed by atoms with Gasteiger partial charge in [-0.05, 0) is 107 Å². The van der Waals surface area contributed by atoms with Crippen LogP contribution in [0.15, 0.2) is 23.3 Å². The third kappa shape index (κ3) is 6.14. The van der Waals surface area contributed by atoms with Crippen molar-refractivity contribution >= 4 is 17.9 Å². The standard InChI is InChI=1S/C36H56O8/c1-31(2,42)16-9-10-22(30(40)41)23-13-18-36(8)25-11-12-26-32(3,4)27(44-29(39)21-33(5,43)20-28(37)38)15-17-34(26,6)24(25)14-19-35(23,36)7/h9,16,22-23,26-27,42-43H,10-15,17-21H2,1-8H3,(H,37,38)(H,40,41)/b16-9+/t22-,23-,26+,27-,33?,34-,35-,36+/m1/s1. The second kappa shape index (κ2) is 11.6. The van der Waals surface area contributed by atoms with Gasteiger partial charge in [0.1, 0.15) is 6.10 Å². The topological polar surface area (TPSA) is 141 Å². The molecule has 4 N–H and O–H groups in total. The van der Waals surface area contributed by atoms with Gasteiger partial charge in [-0.25, -0.2) is 0 Å². The van der Waals surface area contributed by atoms with E-state index in [0.29, 0.717) is 18.8 Å². The summed E-state index contributed by atoms with van der Waals surface area (Å²) in [5.41, 5.74) is -0.0907. The van der Waals surface area contributed by atoms with E-state index in [1.54, 1.807) is 31.1 Å². The van der Waals surface area contributed by atoms with E-state index in [2.05, 4.69) is 34.6 Å². The minimum atomic E-state index is -1.66. The predicted octanol–water partition coefficient (Wildman–Crippen LogP) is 6.68. The van der Waals surface area contributed by atoms with Crippen LogP contribution in [0.5, 0.6) is 0 Å². The number of aliphatic hydroxyl groups is 2. The van der Waals surface area contributed by atoms with Gasteiger partial charge < -0.3 is 25.2 Å². The van der Waals surface area contributed by atoms with Crippen molar-refractivity contribution in [2.45, 2.75) is 143 Å². The normalized spacial score (nSPS) is 37.0. The number of hydrogen-bond acceptors (Lipinski definition) is 6. The molecule has 0 saturated heterocycles. The Morgan fingerprint density at radius 2 is 1.57 bits per heavy atom. The van der Waals surface area contributed by atoms with Gasteiger partial charge in [-0.3, -0.25) is 14.4 Å². The van der Waals surface area contributed by atoms with Crippen molar-refractivity contribution in [1.82, 2.24) is 0 Å². The molecule has 4 rings (SSSR count). The molecule has 4 aliphatic rings. The Morgan fingerprint density at radius 1 is 0.909 bits per heavy atom. The second-order valence-corrected chi connectivity index (χ2v) is 16.7. The highest BCUT2D eigenvalue weighted by Gasteiger charge is 2.64. The van der Waals surface area contributed by atoms with E-state index >= 15 is 0 Å². The van der Waals surface area contributed by atoms with Crippen LogP contribution in [-0.2, 0) is 19.1 Å². The van der Waals surface area contributed by atoms with Gasteiger partial charge in [0.15, 0.2) is 0 Å². The number of carbonyl (C=O) groups excluding carboxylic acids is 1. The number of esters is 1. The zero-order valence-corrected chi connectivity index (χ0v) is 28.2. The number of allylic oxidation sites excluding steroid dienone is 3. The molecule has 0 amide bonds. The van der Waals surface area contributed by atoms with Crippen LogP contribution in [0.2, 0.25) is 0 Å². The second-order valence-electron chi connectivity index (χ2n) is 16.7. The first-order valence-corrected chi connectivity index (χ1v) is 16.6. The maximum absolute atomic E-state index is 12.9. The molecule has 0 spiro atoms. The van der Waals surface area contributed by atoms with Crippen LogP contribution in [0.3, 0.4) is 0 Å². The number of carbonyl (C=O) groups is 3. The summed E-state index contributed by atoms with van der Waals surface area (Å²) < 4.78 is 5.99. The number of ether oxygens (including phenoxy) is 1. The average molecular weight is 617 g/mol. The summed E-state index contributed by atoms with van der Waals surface area (Å²) in [6, 6.07) is 0. The van der Waals surface area contributed by atoms with Crippen LogP contribution in [0.25, 0.3) is 0 Å². The maximum atomic E-state index is 12.9. The highest BCUT2D eigenvalue weighted by atomic mass is 16.5. The van der Waals surface area contributed by atoms with E-state index in [0.717, 1.165) is 44.9 Å². The summed E-state index contributed by atoms with van der Waals surface area (Å²) in [4.78, 5) is 36.6. The summed E-state index contributed by atoms with van der Waals surface area (Å²) in [5.74, 6) is -2.61. The third-order valence-corrected chi connectivity index (χ3v) is 12.8. The van der Waals surface area contributed by atoms with Crippen molar-refractivity contribution in [3.8, 4) is 0 Å². The molecule has 0 aliphatic heterocycles. The molecule has 44 heavy (non-hydrogen) atoms. The number of hydrogen-bond donors (Lipinski definition) is 4. The molecule has 0 heterocycles. The Bertz CT molecular complexity index is 1220. The highest BCUT2D eigenvalue weighted by molar-refractivity contribution is 5.74. The number of carboxylic acids is 2. The van der Waals surface area contributed by atoms with Crippen molar-refractivity contribution in [2.75, 3.05) is 0 Å². The fourth-order valence-electron chi connectivity index (χ4n) is 10.4. The van der Waals surface area contributed by atoms with Crippen molar-refractivity contribution in [3.63, 3.8) is 0 Å². The largest absolute Gasteiger partial charge is 0.481 e. The van der Waals surface area contributed by atoms with Crippen LogP contribution in [0.4, 0.5) is 0 Å². The van der Waals surface area contributed by atoms with Crippen molar-refractivity contribution < 1.29 is 39.5 Å². The number of aliphatic carboxylic acids is 2. The third-order valence-electron chi connectivity index (χ3n) is 12.8. The quantitative estimate of drug-likeness (QED) is 0.157. The van der Waals surface area contributed by atoms with E-state index in [9.17, 15) is 29.7 Å². The first kappa shape index (κ1) is 34.7. The predicted molar refractivity (Wildman–Crippen MR) is 168 cm³/mol. The molecule has 8 atom stereocenters. The van der Waals surface area contributed by atoms with Crippen molar-refractivity contribution in [2.24, 2.45) is 39.4 Å². The van der Waals surface area contributed by atoms with Gasteiger partial charge in [0.25, 0.3) is 0 Å². The molecular weight excluding hydrogens is 560 g/mol. The lowest BCUT2D eigenvalue weighted by Crippen LogP contribution is -2.56. The monoisotopic (exact) mass is 616 g/mol. The zero-order valence-electron chi connectivity index (χ0n) is 28.2. The van der Waals surface area contributed by atoms with E-state index in [-0.39, 0.29) is 40.1 Å². The summed E-state index contributed by atoms with van der Waals surface area (Å²) >= 11 is 0. The lowest BCUT2D eigenvalue weighted by Gasteiger charge is -2.62. The van der Waals surface area contributed by atoms with E-state index < -0.39 is 41.4 Å². The number of rotatable bonds is 10. The minimum Gasteiger partial charge on any atom is -0.481 e. The summed E-state index contributed by atoms with van der Waals surface area (Å²) in [6.07, 6.45) is 10.1. The Balaban J connectivity index is 1.57. The van der Waals surface area contributed by atoms with Crippen LogP contribution < -0.4 is 0 Å². The summed E-state index contributed by atoms with van der Waals surface area (Å²) in [6.45, 7) is 16.2. The van der Waals surface area contributed by atoms with Crippen molar-refractivity contribution in [3.05, 3.63) is 23.3 Å². The van der Waals surface area contributed by atoms with Crippen LogP contribution in [-0.4, -0.2) is 55.6 Å². The van der Waals surface area contributed by atoms with Gasteiger partial charge in [-0.1, -0.05) is 57.9 Å². The summed E-state index contributed by atoms with van der Waals surface area (Å²) in [5, 5.41) is 40.0. The smallest absolute Gasteiger partial charge is 0.309 e. The van der Waals surface area contributed by atoms with Crippen LogP contribution >= 0.6 is 0 Å². The first-order chi connectivity index (χ1) is 20.1. The molecule has 248 valence electrons. The molecule has 0 bridgehead atoms. The molecule has 0 aromatic heterocycles. The van der Waals surface area contributed by atoms with Gasteiger partial charge in [-0.2, -0.15) is 0 Å². The Kier molecular flexibility index (Phi) is 9.11. The summed E-state index contributed by atoms with van der Waals surface area (Å²) in [7, 11) is 0. The minimum absolute atomic E-state index is 0.0428. The Labute approximate surface area is 263 Å². The van der Waals surface area contributed by atoms with Crippen LogP contribution in [0, 0.1) is 39.4 Å². The highest BCUT2D eigenvalue weighted by Crippen LogP contribution is 2.72. The molecular formula is C36H56O8. The Morgan fingerprint density at radius 3 is 2.16 bits per heavy atom. The number of carboxylic acid groups (broad SMARTS) is 2. The molecule has 0 aromatic carbocycles. The van der Waals surface area contributed by atoms with Crippen LogP contribution in [0.1, 0.15) is 126 Å². The SMILES string of the molecule is CC(C)(O)/C=C/C[C@@H](C(=O)O)[C@H]1CC[C@@]2(C)C3=C(CC[C@]12C)[C@@]1(C)CC[C@@H](OC(=O)CC(C)(O)CC(=O)O)C(C)(C)[C@@H]1CC3. The molecule has 8 heteroatoms. The average Bonchev–Trinajstić information content (AvgIpc) is 3.13. The molecule has 8 nitrogen and oxygen atoms in total. The van der Waals surface area contributed by atoms with E-state index in [1.807, 2.05) is 6.08 Å². The molecule has 2 saturated carbocycles. The van der Waals surface area contributed by atoms with E-state index in [1.165, 1.54) is 6.92 Å². The lowest BCUT2D eigenvalue weighted by molar-refractivity contribution is -0.174. The van der Waals surface area contributed by atoms with Gasteiger partial charge in [0.2, 0.25) is 0 Å². The van der Waals surface area contributed by atoms with Gasteiger partial charge >= 0.3 is 17.9 Å². The molecule has 0 aromatic rings. The lowest BCUT2D eigenvalue weighted by atomic mass is 9.43. The fourth-order valence-corrected chi connectivity index (χ4v) is 10.4. The molecule has 1 unspecified atom stereocenters. The van der Waals surface area contributed by atoms with Gasteiger partial charge in [-0.15, -0.1) is 0 Å². The zero-order chi connectivity index (χ0) is 33.1. The van der Waals surface area contributed by atoms with Crippen molar-refractivity contribution in [1.29, 1.82) is 0 Å². The first-order valence-electron chi connectivity index (χ1n) is 16.6. The van der Waals surface area contributed by atoms with Gasteiger partial charge in [0.05, 0.1) is 30.0 Å². The Hall–Kier alpha value is -2.19. The van der Waals surface area contributed by atoms with E-state index in [4.69, 9.17) is 9.84 Å². The molecule has 0 radical (unpaired) electrons. The van der Waals surface area contributed by atoms with Gasteiger partial charge in [0, 0.05) is 5.41 Å². The molecule has 4 aliphatic carbocycles. The molecule has 2 fully saturated rings.